The molecule has 0 radical (unpaired) electrons. The second-order valence-corrected chi connectivity index (χ2v) is 6.71. The van der Waals surface area contributed by atoms with Crippen LogP contribution in [-0.2, 0) is 24.1 Å². The summed E-state index contributed by atoms with van der Waals surface area (Å²) in [5.41, 5.74) is -0.318. The molecule has 0 atom stereocenters. The van der Waals surface area contributed by atoms with Gasteiger partial charge in [-0.1, -0.05) is 29.8 Å². The van der Waals surface area contributed by atoms with Crippen molar-refractivity contribution in [2.45, 2.75) is 32.6 Å². The lowest BCUT2D eigenvalue weighted by Gasteiger charge is -2.06. The van der Waals surface area contributed by atoms with E-state index in [9.17, 15) is 22.4 Å². The summed E-state index contributed by atoms with van der Waals surface area (Å²) in [4.78, 5) is 12.1. The SMILES string of the molecule is Cc1cc(C(F)(F)F)nn1CCC(=O)Nc1nn(Cc2ccccc2F)cc1Cl. The molecule has 3 rings (SSSR count). The van der Waals surface area contributed by atoms with Crippen molar-refractivity contribution in [3.8, 4) is 0 Å². The van der Waals surface area contributed by atoms with Crippen molar-refractivity contribution in [2.24, 2.45) is 0 Å². The molecule has 0 saturated heterocycles. The first-order valence-corrected chi connectivity index (χ1v) is 8.89. The topological polar surface area (TPSA) is 64.7 Å². The van der Waals surface area contributed by atoms with Crippen LogP contribution in [0.3, 0.4) is 0 Å². The highest BCUT2D eigenvalue weighted by Gasteiger charge is 2.34. The summed E-state index contributed by atoms with van der Waals surface area (Å²) in [6.45, 7) is 1.55. The third-order valence-corrected chi connectivity index (χ3v) is 4.36. The smallest absolute Gasteiger partial charge is 0.308 e. The fourth-order valence-corrected chi connectivity index (χ4v) is 2.84. The van der Waals surface area contributed by atoms with Crippen LogP contribution >= 0.6 is 11.6 Å². The summed E-state index contributed by atoms with van der Waals surface area (Å²) in [5, 5.41) is 10.2. The molecule has 0 unspecified atom stereocenters. The molecule has 154 valence electrons. The van der Waals surface area contributed by atoms with Crippen LogP contribution in [0.4, 0.5) is 23.4 Å². The fraction of sp³-hybridized carbons (Fsp3) is 0.278. The van der Waals surface area contributed by atoms with E-state index >= 15 is 0 Å². The molecule has 0 spiro atoms. The number of anilines is 1. The van der Waals surface area contributed by atoms with Crippen LogP contribution in [0.15, 0.2) is 36.5 Å². The first-order chi connectivity index (χ1) is 13.6. The number of carbonyl (C=O) groups excluding carboxylic acids is 1. The van der Waals surface area contributed by atoms with Gasteiger partial charge in [-0.05, 0) is 19.1 Å². The number of nitrogens with zero attached hydrogens (tertiary/aromatic N) is 4. The highest BCUT2D eigenvalue weighted by atomic mass is 35.5. The van der Waals surface area contributed by atoms with E-state index in [4.69, 9.17) is 11.6 Å². The number of rotatable bonds is 6. The predicted octanol–water partition coefficient (Wildman–Crippen LogP) is 4.28. The van der Waals surface area contributed by atoms with Crippen molar-refractivity contribution < 1.29 is 22.4 Å². The molecule has 2 heterocycles. The second kappa shape index (κ2) is 8.24. The minimum atomic E-state index is -4.54. The molecule has 0 fully saturated rings. The predicted molar refractivity (Wildman–Crippen MR) is 98.0 cm³/mol. The first-order valence-electron chi connectivity index (χ1n) is 8.51. The minimum Gasteiger partial charge on any atom is -0.308 e. The quantitative estimate of drug-likeness (QED) is 0.595. The second-order valence-electron chi connectivity index (χ2n) is 6.30. The van der Waals surface area contributed by atoms with Gasteiger partial charge in [0.2, 0.25) is 5.91 Å². The van der Waals surface area contributed by atoms with E-state index in [0.29, 0.717) is 5.56 Å². The Morgan fingerprint density at radius 3 is 2.62 bits per heavy atom. The Morgan fingerprint density at radius 1 is 1.24 bits per heavy atom. The molecular formula is C18H16ClF4N5O. The lowest BCUT2D eigenvalue weighted by Crippen LogP contribution is -2.17. The van der Waals surface area contributed by atoms with Gasteiger partial charge in [-0.25, -0.2) is 4.39 Å². The van der Waals surface area contributed by atoms with Gasteiger partial charge in [0.25, 0.3) is 0 Å². The van der Waals surface area contributed by atoms with Crippen molar-refractivity contribution >= 4 is 23.3 Å². The maximum Gasteiger partial charge on any atom is 0.435 e. The monoisotopic (exact) mass is 429 g/mol. The van der Waals surface area contributed by atoms with Crippen molar-refractivity contribution in [3.05, 3.63) is 64.3 Å². The van der Waals surface area contributed by atoms with Crippen LogP contribution in [0.25, 0.3) is 0 Å². The Balaban J connectivity index is 1.61. The molecule has 6 nitrogen and oxygen atoms in total. The van der Waals surface area contributed by atoms with Gasteiger partial charge in [-0.15, -0.1) is 0 Å². The number of hydrogen-bond acceptors (Lipinski definition) is 3. The molecule has 29 heavy (non-hydrogen) atoms. The van der Waals surface area contributed by atoms with Gasteiger partial charge in [-0.3, -0.25) is 14.2 Å². The zero-order valence-electron chi connectivity index (χ0n) is 15.2. The van der Waals surface area contributed by atoms with E-state index in [-0.39, 0.29) is 36.0 Å². The van der Waals surface area contributed by atoms with Gasteiger partial charge in [0.1, 0.15) is 10.8 Å². The van der Waals surface area contributed by atoms with Gasteiger partial charge in [0.15, 0.2) is 11.5 Å². The maximum absolute atomic E-state index is 13.7. The molecule has 11 heteroatoms. The molecular weight excluding hydrogens is 414 g/mol. The molecule has 1 amide bonds. The Kier molecular flexibility index (Phi) is 5.92. The average Bonchev–Trinajstić information content (AvgIpc) is 3.17. The standard InChI is InChI=1S/C18H16ClF4N5O/c1-11-8-15(18(21,22)23)25-28(11)7-6-16(29)24-17-13(19)10-27(26-17)9-12-4-2-3-5-14(12)20/h2-5,8,10H,6-7,9H2,1H3,(H,24,26,29). The third kappa shape index (κ3) is 5.14. The van der Waals surface area contributed by atoms with E-state index in [1.54, 1.807) is 18.2 Å². The highest BCUT2D eigenvalue weighted by Crippen LogP contribution is 2.28. The molecule has 0 aliphatic rings. The zero-order valence-corrected chi connectivity index (χ0v) is 15.9. The molecule has 3 aromatic rings. The van der Waals surface area contributed by atoms with Gasteiger partial charge >= 0.3 is 6.18 Å². The lowest BCUT2D eigenvalue weighted by molar-refractivity contribution is -0.141. The number of carbonyl (C=O) groups is 1. The van der Waals surface area contributed by atoms with Crippen LogP contribution in [0.5, 0.6) is 0 Å². The normalized spacial score (nSPS) is 11.7. The Morgan fingerprint density at radius 2 is 1.97 bits per heavy atom. The Labute approximate surface area is 168 Å². The first kappa shape index (κ1) is 20.8. The molecule has 0 saturated carbocycles. The van der Waals surface area contributed by atoms with E-state index in [2.05, 4.69) is 15.5 Å². The molecule has 2 aromatic heterocycles. The summed E-state index contributed by atoms with van der Waals surface area (Å²) >= 11 is 6.06. The Hall–Kier alpha value is -2.88. The zero-order chi connectivity index (χ0) is 21.2. The van der Waals surface area contributed by atoms with E-state index in [0.717, 1.165) is 10.7 Å². The molecule has 1 aromatic carbocycles. The van der Waals surface area contributed by atoms with Gasteiger partial charge in [-0.2, -0.15) is 23.4 Å². The van der Waals surface area contributed by atoms with Crippen LogP contribution in [0.2, 0.25) is 5.02 Å². The number of amides is 1. The van der Waals surface area contributed by atoms with Crippen LogP contribution in [-0.4, -0.2) is 25.5 Å². The van der Waals surface area contributed by atoms with Gasteiger partial charge in [0, 0.05) is 30.4 Å². The van der Waals surface area contributed by atoms with Crippen LogP contribution in [0, 0.1) is 12.7 Å². The fourth-order valence-electron chi connectivity index (χ4n) is 2.64. The summed E-state index contributed by atoms with van der Waals surface area (Å²) in [6, 6.07) is 7.10. The van der Waals surface area contributed by atoms with Crippen LogP contribution in [0.1, 0.15) is 23.4 Å². The van der Waals surface area contributed by atoms with Gasteiger partial charge in [0.05, 0.1) is 6.54 Å². The summed E-state index contributed by atoms with van der Waals surface area (Å²) in [6.07, 6.45) is -3.23. The molecule has 0 aliphatic carbocycles. The third-order valence-electron chi connectivity index (χ3n) is 4.09. The van der Waals surface area contributed by atoms with E-state index < -0.39 is 23.6 Å². The number of aromatic nitrogens is 4. The number of nitrogens with one attached hydrogen (secondary N) is 1. The highest BCUT2D eigenvalue weighted by molar-refractivity contribution is 6.33. The molecule has 0 bridgehead atoms. The van der Waals surface area contributed by atoms with E-state index in [1.807, 2.05) is 0 Å². The Bertz CT molecular complexity index is 1030. The molecule has 0 aliphatic heterocycles. The van der Waals surface area contributed by atoms with E-state index in [1.165, 1.54) is 23.9 Å². The maximum atomic E-state index is 13.7. The lowest BCUT2D eigenvalue weighted by atomic mass is 10.2. The van der Waals surface area contributed by atoms with Crippen molar-refractivity contribution in [3.63, 3.8) is 0 Å². The summed E-state index contributed by atoms with van der Waals surface area (Å²) < 4.78 is 54.3. The molecule has 1 N–H and O–H groups in total. The van der Waals surface area contributed by atoms with Crippen molar-refractivity contribution in [1.29, 1.82) is 0 Å². The summed E-state index contributed by atoms with van der Waals surface area (Å²) in [7, 11) is 0. The average molecular weight is 430 g/mol. The number of aryl methyl sites for hydroxylation is 2. The number of hydrogen-bond donors (Lipinski definition) is 1. The van der Waals surface area contributed by atoms with Crippen LogP contribution < -0.4 is 5.32 Å². The largest absolute Gasteiger partial charge is 0.435 e. The summed E-state index contributed by atoms with van der Waals surface area (Å²) in [5.74, 6) is -0.801. The van der Waals surface area contributed by atoms with Gasteiger partial charge < -0.3 is 5.32 Å². The number of alkyl halides is 3. The number of benzene rings is 1. The number of halogens is 5. The minimum absolute atomic E-state index is 0.0404. The van der Waals surface area contributed by atoms with Crippen molar-refractivity contribution in [2.75, 3.05) is 5.32 Å². The van der Waals surface area contributed by atoms with Crippen molar-refractivity contribution in [1.82, 2.24) is 19.6 Å².